The highest BCUT2D eigenvalue weighted by Crippen LogP contribution is 2.33. The van der Waals surface area contributed by atoms with E-state index >= 15 is 0 Å². The van der Waals surface area contributed by atoms with Crippen LogP contribution in [0.1, 0.15) is 10.4 Å². The largest absolute Gasteiger partial charge is 0.481 e. The number of carboxylic acids is 1. The van der Waals surface area contributed by atoms with Gasteiger partial charge < -0.3 is 9.84 Å². The van der Waals surface area contributed by atoms with Gasteiger partial charge in [-0.3, -0.25) is 10.1 Å². The van der Waals surface area contributed by atoms with Gasteiger partial charge in [0.1, 0.15) is 5.03 Å². The Morgan fingerprint density at radius 1 is 1.43 bits per heavy atom. The topological polar surface area (TPSA) is 115 Å². The van der Waals surface area contributed by atoms with Crippen molar-refractivity contribution in [3.63, 3.8) is 0 Å². The lowest BCUT2D eigenvalue weighted by Crippen LogP contribution is -1.98. The summed E-state index contributed by atoms with van der Waals surface area (Å²) in [6.45, 7) is 0. The molecular formula is C12H9N3O5S. The maximum atomic E-state index is 11.0. The second-order valence-corrected chi connectivity index (χ2v) is 4.73. The standard InChI is InChI=1S/C12H9N3O5S/c1-20-9-3-2-8(15(18)19)11(14-9)21-10-6-7(12(16)17)4-5-13-10/h2-6H,1H3,(H,16,17). The number of carbonyl (C=O) groups is 1. The Bertz CT molecular complexity index is 707. The summed E-state index contributed by atoms with van der Waals surface area (Å²) in [4.78, 5) is 29.3. The molecule has 2 heterocycles. The number of nitrogens with zero attached hydrogens (tertiary/aromatic N) is 3. The van der Waals surface area contributed by atoms with E-state index in [4.69, 9.17) is 9.84 Å². The molecule has 0 spiro atoms. The number of ether oxygens (including phenoxy) is 1. The van der Waals surface area contributed by atoms with Crippen LogP contribution in [0.3, 0.4) is 0 Å². The Kier molecular flexibility index (Phi) is 4.33. The number of rotatable bonds is 5. The van der Waals surface area contributed by atoms with E-state index in [1.165, 1.54) is 37.6 Å². The summed E-state index contributed by atoms with van der Waals surface area (Å²) in [6, 6.07) is 5.30. The minimum absolute atomic E-state index is 0.0399. The summed E-state index contributed by atoms with van der Waals surface area (Å²) in [7, 11) is 1.39. The summed E-state index contributed by atoms with van der Waals surface area (Å²) in [5.74, 6) is -0.884. The van der Waals surface area contributed by atoms with Gasteiger partial charge in [-0.2, -0.15) is 4.98 Å². The van der Waals surface area contributed by atoms with Gasteiger partial charge >= 0.3 is 11.7 Å². The molecule has 0 radical (unpaired) electrons. The minimum atomic E-state index is -1.10. The van der Waals surface area contributed by atoms with E-state index in [2.05, 4.69) is 9.97 Å². The van der Waals surface area contributed by atoms with Gasteiger partial charge in [-0.1, -0.05) is 0 Å². The number of nitro groups is 1. The molecular weight excluding hydrogens is 298 g/mol. The normalized spacial score (nSPS) is 10.1. The third-order valence-electron chi connectivity index (χ3n) is 2.40. The smallest absolute Gasteiger partial charge is 0.335 e. The molecule has 108 valence electrons. The first-order valence-corrected chi connectivity index (χ1v) is 6.39. The maximum absolute atomic E-state index is 11.0. The number of pyridine rings is 2. The zero-order valence-electron chi connectivity index (χ0n) is 10.7. The predicted octanol–water partition coefficient (Wildman–Crippen LogP) is 2.24. The molecule has 0 aliphatic heterocycles. The monoisotopic (exact) mass is 307 g/mol. The Morgan fingerprint density at radius 2 is 2.19 bits per heavy atom. The number of aromatic carboxylic acids is 1. The first-order valence-electron chi connectivity index (χ1n) is 5.58. The van der Waals surface area contributed by atoms with E-state index in [1.54, 1.807) is 0 Å². The van der Waals surface area contributed by atoms with Gasteiger partial charge in [0.2, 0.25) is 5.88 Å². The van der Waals surface area contributed by atoms with Crippen LogP contribution >= 0.6 is 11.8 Å². The van der Waals surface area contributed by atoms with Crippen LogP contribution in [-0.4, -0.2) is 33.1 Å². The van der Waals surface area contributed by atoms with Crippen molar-refractivity contribution < 1.29 is 19.6 Å². The molecule has 8 nitrogen and oxygen atoms in total. The van der Waals surface area contributed by atoms with Crippen molar-refractivity contribution >= 4 is 23.4 Å². The molecule has 0 atom stereocenters. The van der Waals surface area contributed by atoms with Crippen molar-refractivity contribution in [2.24, 2.45) is 0 Å². The SMILES string of the molecule is COc1ccc([N+](=O)[O-])c(Sc2cc(C(=O)O)ccn2)n1. The molecule has 2 aromatic rings. The van der Waals surface area contributed by atoms with E-state index < -0.39 is 10.9 Å². The molecule has 9 heteroatoms. The Hall–Kier alpha value is -2.68. The van der Waals surface area contributed by atoms with Crippen molar-refractivity contribution in [1.29, 1.82) is 0 Å². The number of hydrogen-bond donors (Lipinski definition) is 1. The van der Waals surface area contributed by atoms with E-state index in [-0.39, 0.29) is 22.2 Å². The summed E-state index contributed by atoms with van der Waals surface area (Å²) in [5, 5.41) is 20.3. The van der Waals surface area contributed by atoms with Crippen LogP contribution in [0.4, 0.5) is 5.69 Å². The predicted molar refractivity (Wildman–Crippen MR) is 72.8 cm³/mol. The van der Waals surface area contributed by atoms with Crippen molar-refractivity contribution in [1.82, 2.24) is 9.97 Å². The third kappa shape index (κ3) is 3.45. The summed E-state index contributed by atoms with van der Waals surface area (Å²) < 4.78 is 4.93. The van der Waals surface area contributed by atoms with E-state index in [0.717, 1.165) is 11.8 Å². The van der Waals surface area contributed by atoms with Crippen LogP contribution in [-0.2, 0) is 0 Å². The lowest BCUT2D eigenvalue weighted by molar-refractivity contribution is -0.388. The number of carboxylic acid groups (broad SMARTS) is 1. The van der Waals surface area contributed by atoms with Crippen LogP contribution in [0.15, 0.2) is 40.5 Å². The first-order chi connectivity index (χ1) is 10.0. The fraction of sp³-hybridized carbons (Fsp3) is 0.0833. The second kappa shape index (κ2) is 6.18. The first kappa shape index (κ1) is 14.7. The quantitative estimate of drug-likeness (QED) is 0.660. The molecule has 2 rings (SSSR count). The van der Waals surface area contributed by atoms with Crippen LogP contribution in [0.5, 0.6) is 5.88 Å². The highest BCUT2D eigenvalue weighted by atomic mass is 32.2. The van der Waals surface area contributed by atoms with Gasteiger partial charge in [-0.25, -0.2) is 9.78 Å². The number of aromatic nitrogens is 2. The van der Waals surface area contributed by atoms with Gasteiger partial charge in [0.25, 0.3) is 0 Å². The second-order valence-electron chi connectivity index (χ2n) is 3.72. The molecule has 0 aromatic carbocycles. The molecule has 0 saturated heterocycles. The van der Waals surface area contributed by atoms with Crippen molar-refractivity contribution in [3.05, 3.63) is 46.1 Å². The molecule has 0 fully saturated rings. The Labute approximate surface area is 123 Å². The lowest BCUT2D eigenvalue weighted by Gasteiger charge is -2.04. The van der Waals surface area contributed by atoms with Gasteiger partial charge in [0.15, 0.2) is 5.03 Å². The highest BCUT2D eigenvalue weighted by molar-refractivity contribution is 7.99. The summed E-state index contributed by atoms with van der Waals surface area (Å²) >= 11 is 0.896. The molecule has 2 aromatic heterocycles. The molecule has 0 bridgehead atoms. The summed E-state index contributed by atoms with van der Waals surface area (Å²) in [5.41, 5.74) is -0.165. The fourth-order valence-electron chi connectivity index (χ4n) is 1.44. The zero-order valence-corrected chi connectivity index (χ0v) is 11.5. The molecule has 0 aliphatic rings. The molecule has 0 amide bonds. The van der Waals surface area contributed by atoms with Crippen molar-refractivity contribution in [2.75, 3.05) is 7.11 Å². The third-order valence-corrected chi connectivity index (χ3v) is 3.33. The highest BCUT2D eigenvalue weighted by Gasteiger charge is 2.18. The van der Waals surface area contributed by atoms with Gasteiger partial charge in [-0.15, -0.1) is 0 Å². The minimum Gasteiger partial charge on any atom is -0.481 e. The van der Waals surface area contributed by atoms with Crippen LogP contribution in [0, 0.1) is 10.1 Å². The zero-order chi connectivity index (χ0) is 15.4. The molecule has 0 saturated carbocycles. The Morgan fingerprint density at radius 3 is 2.81 bits per heavy atom. The van der Waals surface area contributed by atoms with Crippen LogP contribution in [0.2, 0.25) is 0 Å². The average Bonchev–Trinajstić information content (AvgIpc) is 2.47. The molecule has 1 N–H and O–H groups in total. The molecule has 0 unspecified atom stereocenters. The van der Waals surface area contributed by atoms with Gasteiger partial charge in [0, 0.05) is 18.3 Å². The van der Waals surface area contributed by atoms with E-state index in [0.29, 0.717) is 5.03 Å². The summed E-state index contributed by atoms with van der Waals surface area (Å²) in [6.07, 6.45) is 1.32. The number of methoxy groups -OCH3 is 1. The van der Waals surface area contributed by atoms with Gasteiger partial charge in [-0.05, 0) is 23.9 Å². The van der Waals surface area contributed by atoms with Gasteiger partial charge in [0.05, 0.1) is 17.6 Å². The molecule has 0 aliphatic carbocycles. The van der Waals surface area contributed by atoms with Crippen LogP contribution < -0.4 is 4.74 Å². The average molecular weight is 307 g/mol. The van der Waals surface area contributed by atoms with E-state index in [9.17, 15) is 14.9 Å². The Balaban J connectivity index is 2.40. The maximum Gasteiger partial charge on any atom is 0.335 e. The van der Waals surface area contributed by atoms with Crippen LogP contribution in [0.25, 0.3) is 0 Å². The molecule has 21 heavy (non-hydrogen) atoms. The van der Waals surface area contributed by atoms with Crippen molar-refractivity contribution in [2.45, 2.75) is 10.1 Å². The fourth-order valence-corrected chi connectivity index (χ4v) is 2.32. The van der Waals surface area contributed by atoms with E-state index in [1.807, 2.05) is 0 Å². The number of hydrogen-bond acceptors (Lipinski definition) is 7. The van der Waals surface area contributed by atoms with Crippen molar-refractivity contribution in [3.8, 4) is 5.88 Å². The lowest BCUT2D eigenvalue weighted by atomic mass is 10.3.